The summed E-state index contributed by atoms with van der Waals surface area (Å²) in [5, 5.41) is 5.64. The molecule has 20 heavy (non-hydrogen) atoms. The molecule has 1 atom stereocenters. The van der Waals surface area contributed by atoms with E-state index >= 15 is 0 Å². The number of rotatable bonds is 5. The Morgan fingerprint density at radius 3 is 3.10 bits per heavy atom. The number of hydrogen-bond acceptors (Lipinski definition) is 5. The summed E-state index contributed by atoms with van der Waals surface area (Å²) < 4.78 is 14.0. The van der Waals surface area contributed by atoms with Crippen molar-refractivity contribution in [2.24, 2.45) is 0 Å². The highest BCUT2D eigenvalue weighted by Crippen LogP contribution is 2.26. The molecule has 1 aliphatic rings. The largest absolute Gasteiger partial charge is 0.357 e. The summed E-state index contributed by atoms with van der Waals surface area (Å²) in [5.74, 6) is -0.0121. The van der Waals surface area contributed by atoms with Crippen molar-refractivity contribution in [3.63, 3.8) is 0 Å². The highest BCUT2D eigenvalue weighted by atomic mass is 19.1. The predicted molar refractivity (Wildman–Crippen MR) is 75.2 cm³/mol. The second-order valence-electron chi connectivity index (χ2n) is 4.76. The van der Waals surface area contributed by atoms with Gasteiger partial charge in [0.25, 0.3) is 0 Å². The molecule has 1 aromatic rings. The van der Waals surface area contributed by atoms with Gasteiger partial charge in [0.15, 0.2) is 11.6 Å². The summed E-state index contributed by atoms with van der Waals surface area (Å²) >= 11 is 0. The Morgan fingerprint density at radius 1 is 1.60 bits per heavy atom. The normalized spacial score (nSPS) is 18.1. The van der Waals surface area contributed by atoms with Gasteiger partial charge in [0.1, 0.15) is 6.04 Å². The molecule has 7 heteroatoms. The van der Waals surface area contributed by atoms with Crippen LogP contribution in [-0.4, -0.2) is 42.1 Å². The van der Waals surface area contributed by atoms with E-state index in [9.17, 15) is 9.18 Å². The fraction of sp³-hybridized carbons (Fsp3) is 0.615. The van der Waals surface area contributed by atoms with Crippen LogP contribution in [0.2, 0.25) is 0 Å². The van der Waals surface area contributed by atoms with Crippen molar-refractivity contribution in [2.75, 3.05) is 30.4 Å². The molecule has 1 aromatic heterocycles. The van der Waals surface area contributed by atoms with E-state index in [4.69, 9.17) is 0 Å². The summed E-state index contributed by atoms with van der Waals surface area (Å²) in [5.41, 5.74) is 0. The average Bonchev–Trinajstić information content (AvgIpc) is 2.94. The van der Waals surface area contributed by atoms with Gasteiger partial charge < -0.3 is 15.5 Å². The molecule has 2 rings (SSSR count). The topological polar surface area (TPSA) is 70.2 Å². The maximum Gasteiger partial charge on any atom is 0.242 e. The Kier molecular flexibility index (Phi) is 4.70. The SMILES string of the molecule is CCCNc1ncc(F)c(N2CCCC2C(=O)NC)n1. The number of carbonyl (C=O) groups is 1. The minimum absolute atomic E-state index is 0.108. The van der Waals surface area contributed by atoms with E-state index in [0.29, 0.717) is 18.9 Å². The molecule has 1 amide bonds. The Morgan fingerprint density at radius 2 is 2.40 bits per heavy atom. The molecule has 0 bridgehead atoms. The maximum absolute atomic E-state index is 14.0. The smallest absolute Gasteiger partial charge is 0.242 e. The first-order valence-electron chi connectivity index (χ1n) is 6.92. The zero-order valence-electron chi connectivity index (χ0n) is 11.8. The summed E-state index contributed by atoms with van der Waals surface area (Å²) in [7, 11) is 1.59. The third kappa shape index (κ3) is 2.97. The Labute approximate surface area is 117 Å². The number of hydrogen-bond donors (Lipinski definition) is 2. The molecular weight excluding hydrogens is 261 g/mol. The number of aromatic nitrogens is 2. The summed E-state index contributed by atoms with van der Waals surface area (Å²) in [6, 6.07) is -0.358. The zero-order valence-corrected chi connectivity index (χ0v) is 11.8. The van der Waals surface area contributed by atoms with Crippen LogP contribution in [0.4, 0.5) is 16.2 Å². The van der Waals surface area contributed by atoms with Gasteiger partial charge in [-0.3, -0.25) is 4.79 Å². The lowest BCUT2D eigenvalue weighted by Crippen LogP contribution is -2.42. The summed E-state index contributed by atoms with van der Waals surface area (Å²) in [6.45, 7) is 3.38. The highest BCUT2D eigenvalue weighted by molar-refractivity contribution is 5.85. The van der Waals surface area contributed by atoms with E-state index in [1.54, 1.807) is 11.9 Å². The van der Waals surface area contributed by atoms with Crippen LogP contribution >= 0.6 is 0 Å². The van der Waals surface area contributed by atoms with Crippen LogP contribution in [0.1, 0.15) is 26.2 Å². The standard InChI is InChI=1S/C13H20FN5O/c1-3-6-16-13-17-8-9(14)11(18-13)19-7-4-5-10(19)12(20)15-2/h8,10H,3-7H2,1-2H3,(H,15,20)(H,16,17,18). The lowest BCUT2D eigenvalue weighted by Gasteiger charge is -2.24. The van der Waals surface area contributed by atoms with Crippen molar-refractivity contribution < 1.29 is 9.18 Å². The fourth-order valence-corrected chi connectivity index (χ4v) is 2.34. The minimum Gasteiger partial charge on any atom is -0.357 e. The summed E-state index contributed by atoms with van der Waals surface area (Å²) in [4.78, 5) is 21.7. The van der Waals surface area contributed by atoms with Crippen molar-refractivity contribution in [3.8, 4) is 0 Å². The monoisotopic (exact) mass is 281 g/mol. The minimum atomic E-state index is -0.497. The van der Waals surface area contributed by atoms with Gasteiger partial charge in [-0.2, -0.15) is 4.98 Å². The first kappa shape index (κ1) is 14.5. The summed E-state index contributed by atoms with van der Waals surface area (Å²) in [6.07, 6.45) is 3.64. The van der Waals surface area contributed by atoms with Crippen LogP contribution in [0.3, 0.4) is 0 Å². The van der Waals surface area contributed by atoms with Gasteiger partial charge in [0.2, 0.25) is 11.9 Å². The van der Waals surface area contributed by atoms with Crippen LogP contribution in [0.5, 0.6) is 0 Å². The van der Waals surface area contributed by atoms with Gasteiger partial charge in [-0.15, -0.1) is 0 Å². The fourth-order valence-electron chi connectivity index (χ4n) is 2.34. The van der Waals surface area contributed by atoms with Crippen molar-refractivity contribution in [3.05, 3.63) is 12.0 Å². The molecule has 0 aromatic carbocycles. The van der Waals surface area contributed by atoms with Crippen molar-refractivity contribution in [2.45, 2.75) is 32.2 Å². The number of nitrogens with one attached hydrogen (secondary N) is 2. The van der Waals surface area contributed by atoms with Gasteiger partial charge in [0.05, 0.1) is 6.20 Å². The number of nitrogens with zero attached hydrogens (tertiary/aromatic N) is 3. The average molecular weight is 281 g/mol. The molecule has 0 saturated carbocycles. The van der Waals surface area contributed by atoms with Crippen molar-refractivity contribution in [1.82, 2.24) is 15.3 Å². The molecule has 0 radical (unpaired) electrons. The third-order valence-electron chi connectivity index (χ3n) is 3.33. The molecule has 0 aliphatic carbocycles. The second kappa shape index (κ2) is 6.49. The lowest BCUT2D eigenvalue weighted by molar-refractivity contribution is -0.121. The van der Waals surface area contributed by atoms with E-state index < -0.39 is 5.82 Å². The van der Waals surface area contributed by atoms with Gasteiger partial charge in [-0.25, -0.2) is 9.37 Å². The van der Waals surface area contributed by atoms with Crippen LogP contribution in [0.15, 0.2) is 6.20 Å². The maximum atomic E-state index is 14.0. The van der Waals surface area contributed by atoms with E-state index in [0.717, 1.165) is 25.6 Å². The molecular formula is C13H20FN5O. The van der Waals surface area contributed by atoms with Gasteiger partial charge in [-0.05, 0) is 19.3 Å². The Bertz CT molecular complexity index is 482. The van der Waals surface area contributed by atoms with Crippen LogP contribution in [0.25, 0.3) is 0 Å². The quantitative estimate of drug-likeness (QED) is 0.847. The van der Waals surface area contributed by atoms with E-state index in [1.807, 2.05) is 6.92 Å². The molecule has 1 fully saturated rings. The zero-order chi connectivity index (χ0) is 14.5. The lowest BCUT2D eigenvalue weighted by atomic mass is 10.2. The Balaban J connectivity index is 2.23. The van der Waals surface area contributed by atoms with Crippen LogP contribution < -0.4 is 15.5 Å². The molecule has 2 heterocycles. The number of amides is 1. The molecule has 0 spiro atoms. The van der Waals surface area contributed by atoms with Crippen molar-refractivity contribution in [1.29, 1.82) is 0 Å². The van der Waals surface area contributed by atoms with Gasteiger partial charge in [-0.1, -0.05) is 6.92 Å². The van der Waals surface area contributed by atoms with E-state index in [2.05, 4.69) is 20.6 Å². The van der Waals surface area contributed by atoms with E-state index in [1.165, 1.54) is 0 Å². The number of anilines is 2. The number of carbonyl (C=O) groups excluding carboxylic acids is 1. The Hall–Kier alpha value is -1.92. The number of halogens is 1. The highest BCUT2D eigenvalue weighted by Gasteiger charge is 2.32. The van der Waals surface area contributed by atoms with E-state index in [-0.39, 0.29) is 17.8 Å². The van der Waals surface area contributed by atoms with Crippen molar-refractivity contribution >= 4 is 17.7 Å². The first-order valence-corrected chi connectivity index (χ1v) is 6.92. The van der Waals surface area contributed by atoms with Crippen LogP contribution in [0, 0.1) is 5.82 Å². The van der Waals surface area contributed by atoms with Crippen LogP contribution in [-0.2, 0) is 4.79 Å². The van der Waals surface area contributed by atoms with Gasteiger partial charge >= 0.3 is 0 Å². The molecule has 1 aliphatic heterocycles. The molecule has 2 N–H and O–H groups in total. The molecule has 1 unspecified atom stereocenters. The predicted octanol–water partition coefficient (Wildman–Crippen LogP) is 1.15. The van der Waals surface area contributed by atoms with Gasteiger partial charge in [0, 0.05) is 20.1 Å². The molecule has 110 valence electrons. The third-order valence-corrected chi connectivity index (χ3v) is 3.33. The molecule has 6 nitrogen and oxygen atoms in total. The first-order chi connectivity index (χ1) is 9.67. The number of likely N-dealkylation sites (N-methyl/N-ethyl adjacent to an activating group) is 1. The molecule has 1 saturated heterocycles. The second-order valence-corrected chi connectivity index (χ2v) is 4.76.